The second-order valence-electron chi connectivity index (χ2n) is 3.45. The Bertz CT molecular complexity index is 539. The molecule has 0 unspecified atom stereocenters. The highest BCUT2D eigenvalue weighted by molar-refractivity contribution is 7.98. The van der Waals surface area contributed by atoms with Gasteiger partial charge in [-0.15, -0.1) is 11.3 Å². The van der Waals surface area contributed by atoms with Crippen LogP contribution >= 0.6 is 23.1 Å². The van der Waals surface area contributed by atoms with Crippen molar-refractivity contribution in [3.63, 3.8) is 0 Å². The van der Waals surface area contributed by atoms with E-state index in [1.54, 1.807) is 12.4 Å². The standard InChI is InChI=1S/C10H11N5OS2/c1-6-2-12-10(13-3-6)18-5-7-4-17-9(14-7)8(16)15-11/h2-4H,5,11H2,1H3,(H,15,16). The van der Waals surface area contributed by atoms with Gasteiger partial charge in [0.1, 0.15) is 0 Å². The number of thioether (sulfide) groups is 1. The van der Waals surface area contributed by atoms with Gasteiger partial charge >= 0.3 is 0 Å². The molecule has 2 heterocycles. The van der Waals surface area contributed by atoms with Crippen LogP contribution in [0.1, 0.15) is 21.1 Å². The van der Waals surface area contributed by atoms with Gasteiger partial charge in [-0.3, -0.25) is 10.2 Å². The molecule has 18 heavy (non-hydrogen) atoms. The number of nitrogens with zero attached hydrogens (tertiary/aromatic N) is 3. The fraction of sp³-hybridized carbons (Fsp3) is 0.200. The van der Waals surface area contributed by atoms with E-state index >= 15 is 0 Å². The number of hydrogen-bond donors (Lipinski definition) is 2. The topological polar surface area (TPSA) is 93.8 Å². The lowest BCUT2D eigenvalue weighted by atomic mass is 10.4. The first-order valence-electron chi connectivity index (χ1n) is 5.06. The molecule has 1 amide bonds. The number of nitrogens with two attached hydrogens (primary N) is 1. The van der Waals surface area contributed by atoms with Crippen LogP contribution < -0.4 is 11.3 Å². The van der Waals surface area contributed by atoms with Crippen molar-refractivity contribution in [3.05, 3.63) is 34.0 Å². The molecular weight excluding hydrogens is 270 g/mol. The summed E-state index contributed by atoms with van der Waals surface area (Å²) < 4.78 is 0. The molecule has 3 N–H and O–H groups in total. The third kappa shape index (κ3) is 3.25. The third-order valence-electron chi connectivity index (χ3n) is 1.98. The van der Waals surface area contributed by atoms with Gasteiger partial charge in [-0.2, -0.15) is 0 Å². The van der Waals surface area contributed by atoms with Crippen molar-refractivity contribution in [2.45, 2.75) is 17.8 Å². The summed E-state index contributed by atoms with van der Waals surface area (Å²) in [6, 6.07) is 0. The molecule has 0 aromatic carbocycles. The van der Waals surface area contributed by atoms with E-state index in [4.69, 9.17) is 5.84 Å². The summed E-state index contributed by atoms with van der Waals surface area (Å²) in [6.45, 7) is 1.94. The quantitative estimate of drug-likeness (QED) is 0.287. The molecule has 0 aliphatic rings. The maximum Gasteiger partial charge on any atom is 0.294 e. The van der Waals surface area contributed by atoms with Crippen molar-refractivity contribution in [2.75, 3.05) is 0 Å². The van der Waals surface area contributed by atoms with Crippen LogP contribution in [-0.2, 0) is 5.75 Å². The number of nitrogens with one attached hydrogen (secondary N) is 1. The van der Waals surface area contributed by atoms with Crippen molar-refractivity contribution in [1.82, 2.24) is 20.4 Å². The van der Waals surface area contributed by atoms with Crippen LogP contribution in [0.25, 0.3) is 0 Å². The fourth-order valence-electron chi connectivity index (χ4n) is 1.13. The van der Waals surface area contributed by atoms with Gasteiger partial charge in [0.2, 0.25) is 0 Å². The molecule has 0 spiro atoms. The smallest absolute Gasteiger partial charge is 0.288 e. The van der Waals surface area contributed by atoms with Crippen molar-refractivity contribution in [1.29, 1.82) is 0 Å². The minimum atomic E-state index is -0.372. The minimum Gasteiger partial charge on any atom is -0.288 e. The lowest BCUT2D eigenvalue weighted by Gasteiger charge is -1.97. The maximum atomic E-state index is 11.2. The highest BCUT2D eigenvalue weighted by Crippen LogP contribution is 2.20. The average molecular weight is 281 g/mol. The van der Waals surface area contributed by atoms with Gasteiger partial charge in [-0.05, 0) is 12.5 Å². The Labute approximate surface area is 112 Å². The summed E-state index contributed by atoms with van der Waals surface area (Å²) in [4.78, 5) is 23.7. The van der Waals surface area contributed by atoms with Crippen LogP contribution in [0.4, 0.5) is 0 Å². The molecule has 0 aliphatic heterocycles. The number of thiazole rings is 1. The zero-order chi connectivity index (χ0) is 13.0. The number of carbonyl (C=O) groups is 1. The van der Waals surface area contributed by atoms with Gasteiger partial charge in [0.25, 0.3) is 5.91 Å². The minimum absolute atomic E-state index is 0.359. The van der Waals surface area contributed by atoms with Crippen LogP contribution in [0.15, 0.2) is 22.9 Å². The van der Waals surface area contributed by atoms with Gasteiger partial charge in [0, 0.05) is 23.5 Å². The van der Waals surface area contributed by atoms with Crippen LogP contribution in [0.3, 0.4) is 0 Å². The number of nitrogen functional groups attached to an aromatic ring is 1. The maximum absolute atomic E-state index is 11.2. The molecule has 2 aromatic heterocycles. The van der Waals surface area contributed by atoms with Gasteiger partial charge in [-0.25, -0.2) is 20.8 Å². The van der Waals surface area contributed by atoms with E-state index in [0.717, 1.165) is 11.3 Å². The summed E-state index contributed by atoms with van der Waals surface area (Å²) in [6.07, 6.45) is 3.54. The van der Waals surface area contributed by atoms with Crippen LogP contribution in [0, 0.1) is 6.92 Å². The van der Waals surface area contributed by atoms with E-state index in [2.05, 4.69) is 20.4 Å². The second-order valence-corrected chi connectivity index (χ2v) is 5.25. The van der Waals surface area contributed by atoms with Gasteiger partial charge in [0.15, 0.2) is 10.2 Å². The molecule has 0 saturated carbocycles. The van der Waals surface area contributed by atoms with E-state index in [-0.39, 0.29) is 5.91 Å². The Balaban J connectivity index is 1.96. The normalized spacial score (nSPS) is 10.3. The highest BCUT2D eigenvalue weighted by atomic mass is 32.2. The second kappa shape index (κ2) is 5.89. The molecular formula is C10H11N5OS2. The Morgan fingerprint density at radius 1 is 1.50 bits per heavy atom. The third-order valence-corrected chi connectivity index (χ3v) is 3.78. The number of amides is 1. The first-order chi connectivity index (χ1) is 8.69. The zero-order valence-corrected chi connectivity index (χ0v) is 11.2. The van der Waals surface area contributed by atoms with Crippen molar-refractivity contribution in [3.8, 4) is 0 Å². The number of carbonyl (C=O) groups excluding carboxylic acids is 1. The SMILES string of the molecule is Cc1cnc(SCc2csc(C(=O)NN)n2)nc1. The summed E-state index contributed by atoms with van der Waals surface area (Å²) in [5.74, 6) is 5.28. The lowest BCUT2D eigenvalue weighted by molar-refractivity contribution is 0.0953. The van der Waals surface area contributed by atoms with Gasteiger partial charge < -0.3 is 0 Å². The molecule has 0 bridgehead atoms. The molecule has 0 atom stereocenters. The van der Waals surface area contributed by atoms with E-state index in [0.29, 0.717) is 15.9 Å². The molecule has 0 radical (unpaired) electrons. The van der Waals surface area contributed by atoms with E-state index in [1.165, 1.54) is 23.1 Å². The lowest BCUT2D eigenvalue weighted by Crippen LogP contribution is -2.29. The van der Waals surface area contributed by atoms with Crippen LogP contribution in [0.2, 0.25) is 0 Å². The summed E-state index contributed by atoms with van der Waals surface area (Å²) in [7, 11) is 0. The zero-order valence-electron chi connectivity index (χ0n) is 9.58. The summed E-state index contributed by atoms with van der Waals surface area (Å²) in [5.41, 5.74) is 3.89. The Hall–Kier alpha value is -1.51. The van der Waals surface area contributed by atoms with Gasteiger partial charge in [-0.1, -0.05) is 11.8 Å². The van der Waals surface area contributed by atoms with Gasteiger partial charge in [0.05, 0.1) is 5.69 Å². The number of hydrogen-bond acceptors (Lipinski definition) is 7. The number of aromatic nitrogens is 3. The predicted molar refractivity (Wildman–Crippen MR) is 70.1 cm³/mol. The molecule has 94 valence electrons. The number of rotatable bonds is 4. The molecule has 8 heteroatoms. The summed E-state index contributed by atoms with van der Waals surface area (Å²) in [5, 5.41) is 2.88. The molecule has 2 rings (SSSR count). The monoisotopic (exact) mass is 281 g/mol. The number of aryl methyl sites for hydroxylation is 1. The molecule has 2 aromatic rings. The Morgan fingerprint density at radius 2 is 2.22 bits per heavy atom. The Kier molecular flexibility index (Phi) is 4.24. The molecule has 0 fully saturated rings. The highest BCUT2D eigenvalue weighted by Gasteiger charge is 2.09. The predicted octanol–water partition coefficient (Wildman–Crippen LogP) is 1.14. The summed E-state index contributed by atoms with van der Waals surface area (Å²) >= 11 is 2.74. The first-order valence-corrected chi connectivity index (χ1v) is 6.92. The first kappa shape index (κ1) is 12.9. The molecule has 0 aliphatic carbocycles. The van der Waals surface area contributed by atoms with Crippen molar-refractivity contribution >= 4 is 29.0 Å². The van der Waals surface area contributed by atoms with E-state index in [9.17, 15) is 4.79 Å². The molecule has 0 saturated heterocycles. The van der Waals surface area contributed by atoms with Crippen molar-refractivity contribution < 1.29 is 4.79 Å². The Morgan fingerprint density at radius 3 is 2.89 bits per heavy atom. The van der Waals surface area contributed by atoms with Crippen molar-refractivity contribution in [2.24, 2.45) is 5.84 Å². The average Bonchev–Trinajstić information content (AvgIpc) is 2.86. The van der Waals surface area contributed by atoms with E-state index < -0.39 is 0 Å². The molecule has 6 nitrogen and oxygen atoms in total. The fourth-order valence-corrected chi connectivity index (χ4v) is 2.64. The van der Waals surface area contributed by atoms with Crippen LogP contribution in [-0.4, -0.2) is 20.9 Å². The largest absolute Gasteiger partial charge is 0.294 e. The number of hydrazine groups is 1. The van der Waals surface area contributed by atoms with Crippen LogP contribution in [0.5, 0.6) is 0 Å². The van der Waals surface area contributed by atoms with E-state index in [1.807, 2.05) is 12.3 Å².